The lowest BCUT2D eigenvalue weighted by molar-refractivity contribution is -0.169. The SMILES string of the molecule is CC1CC(OC(=O)C(C)(C)Oc2ccc(C(=O)c3ccc(Cl)cc3)cc2)CC(C)(C)C1. The van der Waals surface area contributed by atoms with E-state index in [0.29, 0.717) is 27.8 Å². The Hall–Kier alpha value is -2.33. The molecule has 0 saturated heterocycles. The van der Waals surface area contributed by atoms with E-state index < -0.39 is 5.60 Å². The zero-order valence-electron chi connectivity index (χ0n) is 18.9. The first kappa shape index (κ1) is 23.3. The van der Waals surface area contributed by atoms with Crippen molar-refractivity contribution in [3.8, 4) is 5.75 Å². The molecule has 2 aromatic carbocycles. The van der Waals surface area contributed by atoms with E-state index in [1.165, 1.54) is 0 Å². The Kier molecular flexibility index (Phi) is 6.80. The van der Waals surface area contributed by atoms with Crippen LogP contribution in [-0.4, -0.2) is 23.5 Å². The molecule has 2 aromatic rings. The summed E-state index contributed by atoms with van der Waals surface area (Å²) in [6.07, 6.45) is 2.80. The van der Waals surface area contributed by atoms with E-state index in [9.17, 15) is 9.59 Å². The summed E-state index contributed by atoms with van der Waals surface area (Å²) in [7, 11) is 0. The van der Waals surface area contributed by atoms with Gasteiger partial charge in [0, 0.05) is 16.1 Å². The second kappa shape index (κ2) is 9.04. The van der Waals surface area contributed by atoms with Gasteiger partial charge in [-0.2, -0.15) is 0 Å². The Labute approximate surface area is 189 Å². The van der Waals surface area contributed by atoms with Gasteiger partial charge in [-0.1, -0.05) is 32.4 Å². The minimum Gasteiger partial charge on any atom is -0.476 e. The second-order valence-corrected chi connectivity index (χ2v) is 10.3. The Morgan fingerprint density at radius 3 is 2.06 bits per heavy atom. The number of ketones is 1. The molecule has 0 heterocycles. The standard InChI is InChI=1S/C26H31ClO4/c1-17-14-22(16-25(2,3)15-17)30-24(29)26(4,5)31-21-12-8-19(9-13-21)23(28)18-6-10-20(27)11-7-18/h6-13,17,22H,14-16H2,1-5H3. The van der Waals surface area contributed by atoms with Crippen molar-refractivity contribution >= 4 is 23.4 Å². The first-order chi connectivity index (χ1) is 14.4. The van der Waals surface area contributed by atoms with E-state index in [0.717, 1.165) is 19.3 Å². The zero-order chi connectivity index (χ0) is 22.8. The Morgan fingerprint density at radius 2 is 1.52 bits per heavy atom. The molecule has 166 valence electrons. The lowest BCUT2D eigenvalue weighted by Crippen LogP contribution is -2.43. The molecule has 0 N–H and O–H groups in total. The minimum atomic E-state index is -1.13. The highest BCUT2D eigenvalue weighted by molar-refractivity contribution is 6.30. The number of benzene rings is 2. The number of ether oxygens (including phenoxy) is 2. The van der Waals surface area contributed by atoms with Crippen molar-refractivity contribution in [2.24, 2.45) is 11.3 Å². The van der Waals surface area contributed by atoms with Crippen LogP contribution >= 0.6 is 11.6 Å². The van der Waals surface area contributed by atoms with Gasteiger partial charge in [0.15, 0.2) is 11.4 Å². The van der Waals surface area contributed by atoms with Crippen molar-refractivity contribution in [1.29, 1.82) is 0 Å². The third-order valence-corrected chi connectivity index (χ3v) is 5.96. The van der Waals surface area contributed by atoms with Gasteiger partial charge in [0.1, 0.15) is 11.9 Å². The van der Waals surface area contributed by atoms with Crippen molar-refractivity contribution in [2.75, 3.05) is 0 Å². The maximum atomic E-state index is 12.8. The average molecular weight is 443 g/mol. The van der Waals surface area contributed by atoms with Crippen LogP contribution in [0.2, 0.25) is 5.02 Å². The molecule has 31 heavy (non-hydrogen) atoms. The highest BCUT2D eigenvalue weighted by Gasteiger charge is 2.38. The van der Waals surface area contributed by atoms with Gasteiger partial charge in [0.2, 0.25) is 0 Å². The number of hydrogen-bond acceptors (Lipinski definition) is 4. The van der Waals surface area contributed by atoms with Gasteiger partial charge in [-0.05, 0) is 93.0 Å². The monoisotopic (exact) mass is 442 g/mol. The van der Waals surface area contributed by atoms with Gasteiger partial charge in [0.25, 0.3) is 0 Å². The van der Waals surface area contributed by atoms with Crippen LogP contribution < -0.4 is 4.74 Å². The van der Waals surface area contributed by atoms with Crippen LogP contribution in [0.4, 0.5) is 0 Å². The fraction of sp³-hybridized carbons (Fsp3) is 0.462. The fourth-order valence-electron chi connectivity index (χ4n) is 4.42. The lowest BCUT2D eigenvalue weighted by atomic mass is 9.71. The van der Waals surface area contributed by atoms with Gasteiger partial charge in [-0.25, -0.2) is 4.79 Å². The quantitative estimate of drug-likeness (QED) is 0.379. The largest absolute Gasteiger partial charge is 0.476 e. The van der Waals surface area contributed by atoms with E-state index in [2.05, 4.69) is 20.8 Å². The number of esters is 1. The molecular weight excluding hydrogens is 412 g/mol. The second-order valence-electron chi connectivity index (χ2n) is 9.91. The van der Waals surface area contributed by atoms with Crippen LogP contribution in [0.3, 0.4) is 0 Å². The third kappa shape index (κ3) is 6.10. The average Bonchev–Trinajstić information content (AvgIpc) is 2.66. The molecule has 4 nitrogen and oxygen atoms in total. The summed E-state index contributed by atoms with van der Waals surface area (Å²) in [5.74, 6) is 0.558. The van der Waals surface area contributed by atoms with Gasteiger partial charge < -0.3 is 9.47 Å². The lowest BCUT2D eigenvalue weighted by Gasteiger charge is -2.39. The summed E-state index contributed by atoms with van der Waals surface area (Å²) in [5, 5.41) is 0.584. The smallest absolute Gasteiger partial charge is 0.350 e. The molecule has 0 spiro atoms. The molecule has 1 saturated carbocycles. The van der Waals surface area contributed by atoms with Crippen LogP contribution in [0.5, 0.6) is 5.75 Å². The third-order valence-electron chi connectivity index (χ3n) is 5.71. The van der Waals surface area contributed by atoms with Crippen LogP contribution in [0, 0.1) is 11.3 Å². The van der Waals surface area contributed by atoms with Crippen molar-refractivity contribution in [3.63, 3.8) is 0 Å². The molecule has 5 heteroatoms. The number of halogens is 1. The predicted octanol–water partition coefficient (Wildman–Crippen LogP) is 6.49. The van der Waals surface area contributed by atoms with Gasteiger partial charge >= 0.3 is 5.97 Å². The summed E-state index contributed by atoms with van der Waals surface area (Å²) in [4.78, 5) is 25.4. The molecule has 1 aliphatic rings. The van der Waals surface area contributed by atoms with Crippen molar-refractivity contribution in [1.82, 2.24) is 0 Å². The first-order valence-corrected chi connectivity index (χ1v) is 11.1. The highest BCUT2D eigenvalue weighted by Crippen LogP contribution is 2.40. The van der Waals surface area contributed by atoms with Crippen molar-refractivity contribution < 1.29 is 19.1 Å². The number of hydrogen-bond donors (Lipinski definition) is 0. The fourth-order valence-corrected chi connectivity index (χ4v) is 4.55. The zero-order valence-corrected chi connectivity index (χ0v) is 19.7. The molecule has 0 bridgehead atoms. The van der Waals surface area contributed by atoms with Crippen molar-refractivity contribution in [3.05, 3.63) is 64.7 Å². The maximum Gasteiger partial charge on any atom is 0.350 e. The molecule has 3 rings (SSSR count). The van der Waals surface area contributed by atoms with Crippen molar-refractivity contribution in [2.45, 2.75) is 65.6 Å². The molecular formula is C26H31ClO4. The van der Waals surface area contributed by atoms with Gasteiger partial charge in [0.05, 0.1) is 0 Å². The summed E-state index contributed by atoms with van der Waals surface area (Å²) >= 11 is 5.89. The van der Waals surface area contributed by atoms with E-state index in [1.54, 1.807) is 62.4 Å². The molecule has 1 fully saturated rings. The molecule has 0 amide bonds. The number of rotatable bonds is 6. The predicted molar refractivity (Wildman–Crippen MR) is 123 cm³/mol. The van der Waals surface area contributed by atoms with Crippen LogP contribution in [0.15, 0.2) is 48.5 Å². The molecule has 0 radical (unpaired) electrons. The van der Waals surface area contributed by atoms with E-state index in [4.69, 9.17) is 21.1 Å². The Morgan fingerprint density at radius 1 is 0.968 bits per heavy atom. The number of carbonyl (C=O) groups is 2. The highest BCUT2D eigenvalue weighted by atomic mass is 35.5. The topological polar surface area (TPSA) is 52.6 Å². The molecule has 0 aromatic heterocycles. The van der Waals surface area contributed by atoms with Crippen LogP contribution in [0.25, 0.3) is 0 Å². The van der Waals surface area contributed by atoms with Crippen LogP contribution in [0.1, 0.15) is 69.8 Å². The summed E-state index contributed by atoms with van der Waals surface area (Å²) in [6.45, 7) is 10.1. The minimum absolute atomic E-state index is 0.0894. The molecule has 2 unspecified atom stereocenters. The number of carbonyl (C=O) groups excluding carboxylic acids is 2. The normalized spacial score (nSPS) is 20.7. The van der Waals surface area contributed by atoms with Crippen LogP contribution in [-0.2, 0) is 9.53 Å². The van der Waals surface area contributed by atoms with E-state index in [-0.39, 0.29) is 23.3 Å². The molecule has 0 aliphatic heterocycles. The first-order valence-electron chi connectivity index (χ1n) is 10.8. The van der Waals surface area contributed by atoms with E-state index >= 15 is 0 Å². The van der Waals surface area contributed by atoms with Gasteiger partial charge in [-0.15, -0.1) is 0 Å². The molecule has 1 aliphatic carbocycles. The summed E-state index contributed by atoms with van der Waals surface area (Å²) in [5.41, 5.74) is 0.132. The van der Waals surface area contributed by atoms with E-state index in [1.807, 2.05) is 0 Å². The molecule has 2 atom stereocenters. The maximum absolute atomic E-state index is 12.8. The Bertz CT molecular complexity index is 929. The van der Waals surface area contributed by atoms with Gasteiger partial charge in [-0.3, -0.25) is 4.79 Å². The Balaban J connectivity index is 1.63. The summed E-state index contributed by atoms with van der Waals surface area (Å²) in [6, 6.07) is 13.6. The summed E-state index contributed by atoms with van der Waals surface area (Å²) < 4.78 is 11.8.